The van der Waals surface area contributed by atoms with Crippen molar-refractivity contribution >= 4 is 11.6 Å². The molecular formula is C11H9F2N3O. The molecule has 2 aromatic heterocycles. The van der Waals surface area contributed by atoms with Crippen molar-refractivity contribution in [1.29, 1.82) is 0 Å². The van der Waals surface area contributed by atoms with E-state index >= 15 is 0 Å². The fourth-order valence-electron chi connectivity index (χ4n) is 1.39. The first kappa shape index (κ1) is 11.3. The summed E-state index contributed by atoms with van der Waals surface area (Å²) in [6, 6.07) is 5.38. The highest BCUT2D eigenvalue weighted by Crippen LogP contribution is 2.13. The third kappa shape index (κ3) is 2.30. The summed E-state index contributed by atoms with van der Waals surface area (Å²) in [6.45, 7) is 0. The van der Waals surface area contributed by atoms with Crippen LogP contribution in [0.5, 0.6) is 0 Å². The Morgan fingerprint density at radius 2 is 2.12 bits per heavy atom. The zero-order valence-corrected chi connectivity index (χ0v) is 8.95. The molecule has 0 aliphatic carbocycles. The second-order valence-electron chi connectivity index (χ2n) is 3.43. The molecule has 0 unspecified atom stereocenters. The van der Waals surface area contributed by atoms with E-state index in [1.807, 2.05) is 0 Å². The first-order valence-corrected chi connectivity index (χ1v) is 4.82. The third-order valence-corrected chi connectivity index (χ3v) is 2.24. The van der Waals surface area contributed by atoms with Crippen molar-refractivity contribution in [3.05, 3.63) is 48.1 Å². The molecule has 0 aliphatic heterocycles. The van der Waals surface area contributed by atoms with Crippen molar-refractivity contribution < 1.29 is 13.6 Å². The van der Waals surface area contributed by atoms with E-state index in [4.69, 9.17) is 0 Å². The van der Waals surface area contributed by atoms with Crippen LogP contribution >= 0.6 is 0 Å². The lowest BCUT2D eigenvalue weighted by atomic mass is 10.3. The van der Waals surface area contributed by atoms with Crippen LogP contribution in [0, 0.1) is 11.9 Å². The first-order chi connectivity index (χ1) is 8.08. The van der Waals surface area contributed by atoms with E-state index in [0.29, 0.717) is 5.69 Å². The highest BCUT2D eigenvalue weighted by molar-refractivity contribution is 6.03. The lowest BCUT2D eigenvalue weighted by Gasteiger charge is -2.06. The van der Waals surface area contributed by atoms with Gasteiger partial charge in [0.25, 0.3) is 5.91 Å². The topological polar surface area (TPSA) is 46.9 Å². The van der Waals surface area contributed by atoms with Gasteiger partial charge in [-0.3, -0.25) is 4.79 Å². The number of hydrogen-bond donors (Lipinski definition) is 1. The van der Waals surface area contributed by atoms with E-state index in [0.717, 1.165) is 12.1 Å². The Balaban J connectivity index is 2.22. The molecule has 0 saturated carbocycles. The van der Waals surface area contributed by atoms with Crippen molar-refractivity contribution in [2.24, 2.45) is 7.05 Å². The van der Waals surface area contributed by atoms with Gasteiger partial charge in [0.2, 0.25) is 11.9 Å². The molecule has 0 radical (unpaired) electrons. The van der Waals surface area contributed by atoms with Crippen molar-refractivity contribution in [1.82, 2.24) is 9.55 Å². The standard InChI is InChI=1S/C11H9F2N3O/c1-16-6-2-3-8(16)11(17)14-7-4-5-9(12)15-10(7)13/h2-6H,1H3,(H,14,17). The summed E-state index contributed by atoms with van der Waals surface area (Å²) in [5.41, 5.74) is 0.214. The third-order valence-electron chi connectivity index (χ3n) is 2.24. The van der Waals surface area contributed by atoms with Gasteiger partial charge in [0.15, 0.2) is 0 Å². The number of carbonyl (C=O) groups is 1. The number of anilines is 1. The molecule has 0 aliphatic rings. The van der Waals surface area contributed by atoms with Crippen LogP contribution in [-0.4, -0.2) is 15.5 Å². The maximum absolute atomic E-state index is 13.2. The summed E-state index contributed by atoms with van der Waals surface area (Å²) in [5.74, 6) is -2.46. The van der Waals surface area contributed by atoms with Crippen LogP contribution in [0.15, 0.2) is 30.5 Å². The second kappa shape index (κ2) is 4.32. The van der Waals surface area contributed by atoms with Gasteiger partial charge in [-0.05, 0) is 24.3 Å². The molecule has 0 fully saturated rings. The fraction of sp³-hybridized carbons (Fsp3) is 0.0909. The van der Waals surface area contributed by atoms with Gasteiger partial charge in [-0.1, -0.05) is 0 Å². The smallest absolute Gasteiger partial charge is 0.272 e. The molecule has 2 rings (SSSR count). The molecule has 0 atom stereocenters. The Labute approximate surface area is 95.9 Å². The normalized spacial score (nSPS) is 10.3. The number of carbonyl (C=O) groups excluding carboxylic acids is 1. The maximum atomic E-state index is 13.2. The van der Waals surface area contributed by atoms with Crippen molar-refractivity contribution in [2.75, 3.05) is 5.32 Å². The molecule has 2 heterocycles. The van der Waals surface area contributed by atoms with E-state index in [1.54, 1.807) is 29.9 Å². The maximum Gasteiger partial charge on any atom is 0.272 e. The van der Waals surface area contributed by atoms with Crippen LogP contribution in [-0.2, 0) is 7.05 Å². The van der Waals surface area contributed by atoms with Gasteiger partial charge in [-0.15, -0.1) is 0 Å². The Bertz CT molecular complexity index is 566. The van der Waals surface area contributed by atoms with E-state index in [2.05, 4.69) is 10.3 Å². The van der Waals surface area contributed by atoms with Crippen LogP contribution in [0.3, 0.4) is 0 Å². The van der Waals surface area contributed by atoms with E-state index < -0.39 is 17.8 Å². The largest absolute Gasteiger partial charge is 0.347 e. The minimum atomic E-state index is -1.05. The zero-order chi connectivity index (χ0) is 12.4. The Kier molecular flexibility index (Phi) is 2.86. The van der Waals surface area contributed by atoms with Crippen LogP contribution in [0.1, 0.15) is 10.5 Å². The SMILES string of the molecule is Cn1cccc1C(=O)Nc1ccc(F)nc1F. The first-order valence-electron chi connectivity index (χ1n) is 4.82. The number of nitrogens with zero attached hydrogens (tertiary/aromatic N) is 2. The molecule has 2 aromatic rings. The molecule has 0 aromatic carbocycles. The second-order valence-corrected chi connectivity index (χ2v) is 3.43. The summed E-state index contributed by atoms with van der Waals surface area (Å²) >= 11 is 0. The number of hydrogen-bond acceptors (Lipinski definition) is 2. The van der Waals surface area contributed by atoms with E-state index in [9.17, 15) is 13.6 Å². The number of amides is 1. The molecule has 0 bridgehead atoms. The molecule has 1 N–H and O–H groups in total. The predicted molar refractivity (Wildman–Crippen MR) is 57.5 cm³/mol. The summed E-state index contributed by atoms with van der Waals surface area (Å²) in [6.07, 6.45) is 1.69. The van der Waals surface area contributed by atoms with Gasteiger partial charge in [0.05, 0.1) is 5.69 Å². The van der Waals surface area contributed by atoms with Gasteiger partial charge in [0.1, 0.15) is 5.69 Å². The van der Waals surface area contributed by atoms with Gasteiger partial charge in [0, 0.05) is 13.2 Å². The van der Waals surface area contributed by atoms with Crippen LogP contribution < -0.4 is 5.32 Å². The van der Waals surface area contributed by atoms with Crippen LogP contribution in [0.25, 0.3) is 0 Å². The van der Waals surface area contributed by atoms with Crippen molar-refractivity contribution in [2.45, 2.75) is 0 Å². The van der Waals surface area contributed by atoms with E-state index in [1.165, 1.54) is 0 Å². The fourth-order valence-corrected chi connectivity index (χ4v) is 1.39. The summed E-state index contributed by atoms with van der Waals surface area (Å²) in [5, 5.41) is 2.32. The minimum Gasteiger partial charge on any atom is -0.347 e. The summed E-state index contributed by atoms with van der Waals surface area (Å²) in [7, 11) is 1.69. The molecule has 17 heavy (non-hydrogen) atoms. The average molecular weight is 237 g/mol. The lowest BCUT2D eigenvalue weighted by molar-refractivity contribution is 0.101. The highest BCUT2D eigenvalue weighted by atomic mass is 19.1. The Hall–Kier alpha value is -2.24. The van der Waals surface area contributed by atoms with Gasteiger partial charge in [-0.2, -0.15) is 13.8 Å². The Morgan fingerprint density at radius 3 is 2.71 bits per heavy atom. The molecule has 6 heteroatoms. The predicted octanol–water partition coefficient (Wildman–Crippen LogP) is 1.95. The van der Waals surface area contributed by atoms with Gasteiger partial charge >= 0.3 is 0 Å². The molecule has 1 amide bonds. The van der Waals surface area contributed by atoms with E-state index in [-0.39, 0.29) is 5.69 Å². The number of pyridine rings is 1. The number of nitrogens with one attached hydrogen (secondary N) is 1. The number of aryl methyl sites for hydroxylation is 1. The molecule has 4 nitrogen and oxygen atoms in total. The van der Waals surface area contributed by atoms with Gasteiger partial charge in [-0.25, -0.2) is 0 Å². The molecule has 88 valence electrons. The highest BCUT2D eigenvalue weighted by Gasteiger charge is 2.12. The summed E-state index contributed by atoms with van der Waals surface area (Å²) < 4.78 is 27.3. The van der Waals surface area contributed by atoms with Crippen LogP contribution in [0.4, 0.5) is 14.5 Å². The number of rotatable bonds is 2. The Morgan fingerprint density at radius 1 is 1.35 bits per heavy atom. The monoisotopic (exact) mass is 237 g/mol. The average Bonchev–Trinajstić information content (AvgIpc) is 2.68. The lowest BCUT2D eigenvalue weighted by Crippen LogP contribution is -2.16. The van der Waals surface area contributed by atoms with Gasteiger partial charge < -0.3 is 9.88 Å². The zero-order valence-electron chi connectivity index (χ0n) is 8.95. The quantitative estimate of drug-likeness (QED) is 0.811. The van der Waals surface area contributed by atoms with Crippen LogP contribution in [0.2, 0.25) is 0 Å². The molecular weight excluding hydrogens is 228 g/mol. The van der Waals surface area contributed by atoms with Crippen molar-refractivity contribution in [3.8, 4) is 0 Å². The minimum absolute atomic E-state index is 0.155. The summed E-state index contributed by atoms with van der Waals surface area (Å²) in [4.78, 5) is 14.7. The number of aromatic nitrogens is 2. The molecule has 0 spiro atoms. The number of halogens is 2. The molecule has 0 saturated heterocycles. The van der Waals surface area contributed by atoms with Crippen molar-refractivity contribution in [3.63, 3.8) is 0 Å².